The van der Waals surface area contributed by atoms with Crippen molar-refractivity contribution in [2.75, 3.05) is 0 Å². The van der Waals surface area contributed by atoms with Gasteiger partial charge in [-0.1, -0.05) is 23.7 Å². The highest BCUT2D eigenvalue weighted by Crippen LogP contribution is 2.14. The molecule has 0 saturated heterocycles. The van der Waals surface area contributed by atoms with Crippen LogP contribution in [0.1, 0.15) is 21.6 Å². The highest BCUT2D eigenvalue weighted by molar-refractivity contribution is 6.30. The molecule has 0 bridgehead atoms. The van der Waals surface area contributed by atoms with Gasteiger partial charge in [-0.15, -0.1) is 0 Å². The third kappa shape index (κ3) is 3.32. The molecule has 0 atom stereocenters. The fourth-order valence-corrected chi connectivity index (χ4v) is 2.46. The average Bonchev–Trinajstić information content (AvgIpc) is 2.88. The Kier molecular flexibility index (Phi) is 3.99. The molecule has 0 aliphatic carbocycles. The first-order valence-electron chi connectivity index (χ1n) is 6.78. The maximum Gasteiger partial charge on any atom is 0.335 e. The van der Waals surface area contributed by atoms with Crippen molar-refractivity contribution in [1.82, 2.24) is 14.8 Å². The van der Waals surface area contributed by atoms with Crippen molar-refractivity contribution in [3.05, 3.63) is 80.9 Å². The van der Waals surface area contributed by atoms with E-state index in [-0.39, 0.29) is 16.9 Å². The van der Waals surface area contributed by atoms with E-state index in [9.17, 15) is 9.59 Å². The summed E-state index contributed by atoms with van der Waals surface area (Å²) in [4.78, 5) is 27.1. The molecule has 6 nitrogen and oxygen atoms in total. The average molecular weight is 330 g/mol. The number of hydrogen-bond donors (Lipinski definition) is 2. The minimum absolute atomic E-state index is 0.0629. The summed E-state index contributed by atoms with van der Waals surface area (Å²) in [6, 6.07) is 11.5. The third-order valence-electron chi connectivity index (χ3n) is 3.28. The number of halogens is 1. The summed E-state index contributed by atoms with van der Waals surface area (Å²) in [5, 5.41) is 12.6. The number of benzene rings is 1. The second-order valence-corrected chi connectivity index (χ2v) is 5.41. The summed E-state index contributed by atoms with van der Waals surface area (Å²) in [5.74, 6) is -0.848. The zero-order chi connectivity index (χ0) is 16.4. The maximum atomic E-state index is 12.1. The predicted octanol–water partition coefficient (Wildman–Crippen LogP) is 2.50. The van der Waals surface area contributed by atoms with Gasteiger partial charge in [0.1, 0.15) is 0 Å². The molecule has 7 heteroatoms. The molecule has 116 valence electrons. The van der Waals surface area contributed by atoms with Gasteiger partial charge >= 0.3 is 5.97 Å². The minimum atomic E-state index is -1.08. The van der Waals surface area contributed by atoms with E-state index in [0.717, 1.165) is 5.56 Å². The molecule has 0 fully saturated rings. The molecule has 0 unspecified atom stereocenters. The van der Waals surface area contributed by atoms with Gasteiger partial charge in [-0.05, 0) is 29.8 Å². The first kappa shape index (κ1) is 15.1. The first-order valence-corrected chi connectivity index (χ1v) is 7.16. The van der Waals surface area contributed by atoms with Crippen LogP contribution in [0.4, 0.5) is 0 Å². The van der Waals surface area contributed by atoms with Crippen LogP contribution >= 0.6 is 11.6 Å². The van der Waals surface area contributed by atoms with E-state index < -0.39 is 5.97 Å². The second-order valence-electron chi connectivity index (χ2n) is 4.97. The van der Waals surface area contributed by atoms with E-state index in [1.165, 1.54) is 29.1 Å². The normalized spacial score (nSPS) is 10.7. The van der Waals surface area contributed by atoms with Crippen LogP contribution in [0.3, 0.4) is 0 Å². The van der Waals surface area contributed by atoms with E-state index >= 15 is 0 Å². The molecule has 0 radical (unpaired) electrons. The van der Waals surface area contributed by atoms with Gasteiger partial charge < -0.3 is 5.11 Å². The lowest BCUT2D eigenvalue weighted by Gasteiger charge is -2.03. The number of carboxylic acids is 1. The van der Waals surface area contributed by atoms with Crippen molar-refractivity contribution in [2.24, 2.45) is 0 Å². The number of aromatic amines is 1. The molecule has 3 aromatic rings. The molecule has 3 rings (SSSR count). The number of nitrogens with zero attached hydrogens (tertiary/aromatic N) is 2. The minimum Gasteiger partial charge on any atom is -0.478 e. The van der Waals surface area contributed by atoms with Crippen LogP contribution in [0.5, 0.6) is 0 Å². The quantitative estimate of drug-likeness (QED) is 0.769. The van der Waals surface area contributed by atoms with E-state index in [1.54, 1.807) is 6.07 Å². The zero-order valence-electron chi connectivity index (χ0n) is 11.9. The molecular formula is C16H12ClN3O3. The Labute approximate surface area is 136 Å². The molecule has 0 saturated carbocycles. The van der Waals surface area contributed by atoms with Gasteiger partial charge in [0.2, 0.25) is 0 Å². The topological polar surface area (TPSA) is 88.0 Å². The summed E-state index contributed by atoms with van der Waals surface area (Å²) in [6.45, 7) is 0. The molecule has 0 aliphatic rings. The molecule has 2 aromatic heterocycles. The summed E-state index contributed by atoms with van der Waals surface area (Å²) in [5.41, 5.74) is 1.39. The number of hydrogen-bond acceptors (Lipinski definition) is 3. The van der Waals surface area contributed by atoms with Crippen LogP contribution in [-0.2, 0) is 6.42 Å². The summed E-state index contributed by atoms with van der Waals surface area (Å²) in [6.07, 6.45) is 1.85. The number of pyridine rings is 1. The van der Waals surface area contributed by atoms with Crippen molar-refractivity contribution in [2.45, 2.75) is 6.42 Å². The Morgan fingerprint density at radius 2 is 2.09 bits per heavy atom. The fourth-order valence-electron chi connectivity index (χ4n) is 2.25. The number of rotatable bonds is 4. The Morgan fingerprint density at radius 1 is 1.26 bits per heavy atom. The van der Waals surface area contributed by atoms with Crippen molar-refractivity contribution in [3.63, 3.8) is 0 Å². The van der Waals surface area contributed by atoms with Crippen LogP contribution in [0, 0.1) is 0 Å². The molecule has 2 heterocycles. The highest BCUT2D eigenvalue weighted by atomic mass is 35.5. The van der Waals surface area contributed by atoms with Crippen molar-refractivity contribution < 1.29 is 9.90 Å². The van der Waals surface area contributed by atoms with Crippen LogP contribution in [0.25, 0.3) is 5.82 Å². The van der Waals surface area contributed by atoms with Crippen LogP contribution in [0.15, 0.2) is 53.5 Å². The van der Waals surface area contributed by atoms with Gasteiger partial charge in [-0.3, -0.25) is 9.89 Å². The Balaban J connectivity index is 1.94. The molecule has 0 aliphatic heterocycles. The smallest absolute Gasteiger partial charge is 0.335 e. The maximum absolute atomic E-state index is 12.1. The second kappa shape index (κ2) is 6.10. The number of carbonyl (C=O) groups is 1. The molecule has 23 heavy (non-hydrogen) atoms. The Hall–Kier alpha value is -2.86. The number of aromatic nitrogens is 3. The molecule has 1 aromatic carbocycles. The third-order valence-corrected chi connectivity index (χ3v) is 3.51. The molecule has 0 amide bonds. The lowest BCUT2D eigenvalue weighted by Crippen LogP contribution is -2.15. The lowest BCUT2D eigenvalue weighted by molar-refractivity contribution is 0.0696. The Morgan fingerprint density at radius 3 is 2.83 bits per heavy atom. The largest absolute Gasteiger partial charge is 0.478 e. The number of H-pyrrole nitrogens is 1. The Bertz CT molecular complexity index is 930. The van der Waals surface area contributed by atoms with E-state index in [4.69, 9.17) is 16.7 Å². The molecule has 2 N–H and O–H groups in total. The summed E-state index contributed by atoms with van der Waals surface area (Å²) < 4.78 is 1.21. The number of aromatic carboxylic acids is 1. The van der Waals surface area contributed by atoms with Gasteiger partial charge in [0, 0.05) is 29.4 Å². The number of nitrogens with one attached hydrogen (secondary N) is 1. The molecular weight excluding hydrogens is 318 g/mol. The van der Waals surface area contributed by atoms with Crippen LogP contribution in [-0.4, -0.2) is 25.8 Å². The van der Waals surface area contributed by atoms with Crippen LogP contribution < -0.4 is 5.56 Å². The highest BCUT2D eigenvalue weighted by Gasteiger charge is 2.10. The van der Waals surface area contributed by atoms with Crippen molar-refractivity contribution >= 4 is 17.6 Å². The van der Waals surface area contributed by atoms with Gasteiger partial charge in [0.15, 0.2) is 5.82 Å². The lowest BCUT2D eigenvalue weighted by atomic mass is 10.1. The predicted molar refractivity (Wildman–Crippen MR) is 85.4 cm³/mol. The fraction of sp³-hybridized carbons (Fsp3) is 0.0625. The van der Waals surface area contributed by atoms with Gasteiger partial charge in [0.05, 0.1) is 5.56 Å². The standard InChI is InChI=1S/C16H12ClN3O3/c17-12-3-1-2-10(6-12)7-13-9-15(21)20(19-13)14-8-11(16(22)23)4-5-18-14/h1-6,8-9,19H,7H2,(H,22,23). The number of carboxylic acid groups (broad SMARTS) is 1. The van der Waals surface area contributed by atoms with Crippen LogP contribution in [0.2, 0.25) is 5.02 Å². The molecule has 0 spiro atoms. The van der Waals surface area contributed by atoms with Gasteiger partial charge in [-0.25, -0.2) is 14.5 Å². The van der Waals surface area contributed by atoms with Gasteiger partial charge in [0.25, 0.3) is 5.56 Å². The van der Waals surface area contributed by atoms with E-state index in [0.29, 0.717) is 17.1 Å². The van der Waals surface area contributed by atoms with Crippen molar-refractivity contribution in [3.8, 4) is 5.82 Å². The van der Waals surface area contributed by atoms with E-state index in [2.05, 4.69) is 10.1 Å². The van der Waals surface area contributed by atoms with Gasteiger partial charge in [-0.2, -0.15) is 0 Å². The first-order chi connectivity index (χ1) is 11.0. The summed E-state index contributed by atoms with van der Waals surface area (Å²) >= 11 is 5.95. The van der Waals surface area contributed by atoms with E-state index in [1.807, 2.05) is 18.2 Å². The zero-order valence-corrected chi connectivity index (χ0v) is 12.6. The monoisotopic (exact) mass is 329 g/mol. The van der Waals surface area contributed by atoms with Crippen molar-refractivity contribution in [1.29, 1.82) is 0 Å². The summed E-state index contributed by atoms with van der Waals surface area (Å²) in [7, 11) is 0. The SMILES string of the molecule is O=C(O)c1ccnc(-n2[nH]c(Cc3cccc(Cl)c3)cc2=O)c1.